The molecule has 0 radical (unpaired) electrons. The summed E-state index contributed by atoms with van der Waals surface area (Å²) in [6.07, 6.45) is 9.29. The molecule has 0 unspecified atom stereocenters. The zero-order valence-electron chi connectivity index (χ0n) is 19.8. The SMILES string of the molecule is CN(C)c1ccc2c(c1)[Si]1(CCCC1)C1=CC(=[N+](C)C)C=CC1=C2c1ccccc1C(=O)[O-]. The number of hydrogen-bond donors (Lipinski definition) is 0. The molecule has 2 aliphatic heterocycles. The summed E-state index contributed by atoms with van der Waals surface area (Å²) >= 11 is 0. The molecule has 168 valence electrons. The van der Waals surface area contributed by atoms with Crippen molar-refractivity contribution in [2.75, 3.05) is 33.1 Å². The third-order valence-corrected chi connectivity index (χ3v) is 12.8. The summed E-state index contributed by atoms with van der Waals surface area (Å²) in [6.45, 7) is 0. The van der Waals surface area contributed by atoms with Gasteiger partial charge in [-0.05, 0) is 63.0 Å². The first-order valence-electron chi connectivity index (χ1n) is 11.7. The van der Waals surface area contributed by atoms with E-state index in [0.717, 1.165) is 11.1 Å². The largest absolute Gasteiger partial charge is 0.545 e. The van der Waals surface area contributed by atoms with Crippen LogP contribution in [0.25, 0.3) is 5.57 Å². The highest BCUT2D eigenvalue weighted by Crippen LogP contribution is 2.48. The lowest BCUT2D eigenvalue weighted by atomic mass is 9.87. The second-order valence-corrected chi connectivity index (χ2v) is 14.0. The lowest BCUT2D eigenvalue weighted by Crippen LogP contribution is -2.52. The van der Waals surface area contributed by atoms with Gasteiger partial charge in [-0.3, -0.25) is 0 Å². The van der Waals surface area contributed by atoms with Crippen LogP contribution in [-0.2, 0) is 0 Å². The Morgan fingerprint density at radius 3 is 2.39 bits per heavy atom. The predicted octanol–water partition coefficient (Wildman–Crippen LogP) is 3.13. The van der Waals surface area contributed by atoms with Gasteiger partial charge in [0, 0.05) is 37.5 Å². The predicted molar refractivity (Wildman–Crippen MR) is 136 cm³/mol. The van der Waals surface area contributed by atoms with E-state index < -0.39 is 14.0 Å². The molecule has 0 aromatic heterocycles. The maximum atomic E-state index is 12.1. The van der Waals surface area contributed by atoms with Crippen molar-refractivity contribution in [2.24, 2.45) is 0 Å². The Bertz CT molecular complexity index is 1290. The van der Waals surface area contributed by atoms with E-state index in [-0.39, 0.29) is 5.56 Å². The van der Waals surface area contributed by atoms with Gasteiger partial charge in [0.1, 0.15) is 22.2 Å². The Kier molecular flexibility index (Phi) is 5.24. The molecule has 1 fully saturated rings. The number of carboxylic acids is 1. The lowest BCUT2D eigenvalue weighted by molar-refractivity contribution is -0.462. The number of aromatic carboxylic acids is 1. The summed E-state index contributed by atoms with van der Waals surface area (Å²) in [7, 11) is 6.37. The van der Waals surface area contributed by atoms with Gasteiger partial charge in [0.2, 0.25) is 0 Å². The number of nitrogens with zero attached hydrogens (tertiary/aromatic N) is 2. The summed E-state index contributed by atoms with van der Waals surface area (Å²) in [5.41, 5.74) is 6.83. The standard InChI is InChI=1S/C28H30N2O2Si/c1-29(2)19-11-13-23-25(17-19)33(15-7-8-16-33)26-18-20(30(3)4)12-14-24(26)27(23)21-9-5-6-10-22(21)28(31)32/h5-6,9-14,17-18H,7-8,15-16H2,1-4H3. The molecule has 0 atom stereocenters. The van der Waals surface area contributed by atoms with Crippen molar-refractivity contribution >= 4 is 36.2 Å². The molecule has 5 heteroatoms. The smallest absolute Gasteiger partial charge is 0.199 e. The summed E-state index contributed by atoms with van der Waals surface area (Å²) in [4.78, 5) is 14.3. The van der Waals surface area contributed by atoms with E-state index in [4.69, 9.17) is 0 Å². The Morgan fingerprint density at radius 2 is 1.73 bits per heavy atom. The number of fused-ring (bicyclic) bond motifs is 4. The first-order chi connectivity index (χ1) is 15.8. The van der Waals surface area contributed by atoms with Crippen LogP contribution in [-0.4, -0.2) is 52.5 Å². The minimum Gasteiger partial charge on any atom is -0.545 e. The van der Waals surface area contributed by atoms with Crippen molar-refractivity contribution in [1.82, 2.24) is 0 Å². The number of carboxylic acid groups (broad SMARTS) is 1. The van der Waals surface area contributed by atoms with E-state index in [2.05, 4.69) is 74.1 Å². The number of allylic oxidation sites excluding steroid dienone is 5. The maximum Gasteiger partial charge on any atom is 0.199 e. The Balaban J connectivity index is 1.91. The Morgan fingerprint density at radius 1 is 1.00 bits per heavy atom. The van der Waals surface area contributed by atoms with E-state index in [9.17, 15) is 9.90 Å². The molecule has 5 rings (SSSR count). The molecule has 2 aromatic rings. The molecular weight excluding hydrogens is 424 g/mol. The van der Waals surface area contributed by atoms with Crippen molar-refractivity contribution in [1.29, 1.82) is 0 Å². The summed E-state index contributed by atoms with van der Waals surface area (Å²) in [6, 6.07) is 16.6. The van der Waals surface area contributed by atoms with Crippen molar-refractivity contribution < 1.29 is 14.5 Å². The fourth-order valence-corrected chi connectivity index (χ4v) is 11.4. The first-order valence-corrected chi connectivity index (χ1v) is 14.1. The topological polar surface area (TPSA) is 46.4 Å². The number of carbonyl (C=O) groups is 1. The highest BCUT2D eigenvalue weighted by atomic mass is 28.3. The van der Waals surface area contributed by atoms with Crippen molar-refractivity contribution in [3.05, 3.63) is 88.2 Å². The molecule has 33 heavy (non-hydrogen) atoms. The third-order valence-electron chi connectivity index (χ3n) is 7.48. The van der Waals surface area contributed by atoms with Crippen LogP contribution in [0.4, 0.5) is 5.69 Å². The molecule has 2 aromatic carbocycles. The monoisotopic (exact) mass is 454 g/mol. The quantitative estimate of drug-likeness (QED) is 0.529. The first kappa shape index (κ1) is 21.7. The molecule has 2 heterocycles. The van der Waals surface area contributed by atoms with Gasteiger partial charge in [-0.2, -0.15) is 0 Å². The highest BCUT2D eigenvalue weighted by Gasteiger charge is 2.48. The zero-order chi connectivity index (χ0) is 23.3. The average Bonchev–Trinajstić information content (AvgIpc) is 3.29. The zero-order valence-corrected chi connectivity index (χ0v) is 20.8. The van der Waals surface area contributed by atoms with Crippen LogP contribution >= 0.6 is 0 Å². The van der Waals surface area contributed by atoms with Gasteiger partial charge in [-0.1, -0.05) is 43.2 Å². The van der Waals surface area contributed by atoms with Crippen molar-refractivity contribution in [2.45, 2.75) is 24.9 Å². The van der Waals surface area contributed by atoms with Gasteiger partial charge in [0.15, 0.2) is 5.71 Å². The van der Waals surface area contributed by atoms with Gasteiger partial charge in [-0.25, -0.2) is 4.58 Å². The average molecular weight is 455 g/mol. The molecule has 3 aliphatic rings. The van der Waals surface area contributed by atoms with Crippen LogP contribution in [0.2, 0.25) is 12.1 Å². The van der Waals surface area contributed by atoms with Crippen LogP contribution in [0.3, 0.4) is 0 Å². The molecule has 0 N–H and O–H groups in total. The molecular formula is C28H30N2O2Si. The van der Waals surface area contributed by atoms with E-state index in [0.29, 0.717) is 0 Å². The second-order valence-electron chi connectivity index (χ2n) is 9.75. The van der Waals surface area contributed by atoms with Crippen LogP contribution in [0.5, 0.6) is 0 Å². The van der Waals surface area contributed by atoms with Gasteiger partial charge in [0.25, 0.3) is 0 Å². The third kappa shape index (κ3) is 3.34. The molecule has 1 aliphatic carbocycles. The lowest BCUT2D eigenvalue weighted by Gasteiger charge is -2.40. The van der Waals surface area contributed by atoms with E-state index in [1.54, 1.807) is 12.1 Å². The van der Waals surface area contributed by atoms with E-state index >= 15 is 0 Å². The molecule has 0 amide bonds. The van der Waals surface area contributed by atoms with E-state index in [1.807, 2.05) is 12.1 Å². The molecule has 0 bridgehead atoms. The Hall–Kier alpha value is -3.18. The minimum atomic E-state index is -1.97. The second kappa shape index (κ2) is 7.99. The number of anilines is 1. The minimum absolute atomic E-state index is 0.252. The van der Waals surface area contributed by atoms with Gasteiger partial charge >= 0.3 is 0 Å². The van der Waals surface area contributed by atoms with E-state index in [1.165, 1.54) is 57.8 Å². The fraction of sp³-hybridized carbons (Fsp3) is 0.286. The Labute approximate surface area is 196 Å². The van der Waals surface area contributed by atoms with Crippen LogP contribution in [0.1, 0.15) is 34.3 Å². The maximum absolute atomic E-state index is 12.1. The number of rotatable bonds is 3. The van der Waals surface area contributed by atoms with Crippen molar-refractivity contribution in [3.8, 4) is 0 Å². The number of carbonyl (C=O) groups excluding carboxylic acids is 1. The van der Waals surface area contributed by atoms with Gasteiger partial charge < -0.3 is 14.8 Å². The molecule has 0 saturated carbocycles. The molecule has 4 nitrogen and oxygen atoms in total. The number of benzene rings is 2. The van der Waals surface area contributed by atoms with Crippen LogP contribution in [0, 0.1) is 0 Å². The van der Waals surface area contributed by atoms with Gasteiger partial charge in [0.05, 0.1) is 5.97 Å². The van der Waals surface area contributed by atoms with Crippen molar-refractivity contribution in [3.63, 3.8) is 0 Å². The normalized spacial score (nSPS) is 18.2. The highest BCUT2D eigenvalue weighted by molar-refractivity contribution is 7.00. The fourth-order valence-electron chi connectivity index (χ4n) is 5.83. The van der Waals surface area contributed by atoms with Crippen LogP contribution in [0.15, 0.2) is 71.5 Å². The van der Waals surface area contributed by atoms with Crippen LogP contribution < -0.4 is 15.2 Å². The molecule has 1 spiro atoms. The summed E-state index contributed by atoms with van der Waals surface area (Å²) in [5.74, 6) is -1.13. The summed E-state index contributed by atoms with van der Waals surface area (Å²) in [5, 5.41) is 15.0. The number of hydrogen-bond acceptors (Lipinski definition) is 3. The van der Waals surface area contributed by atoms with Gasteiger partial charge in [-0.15, -0.1) is 0 Å². The molecule has 1 saturated heterocycles. The summed E-state index contributed by atoms with van der Waals surface area (Å²) < 4.78 is 2.16.